The molecule has 46 heavy (non-hydrogen) atoms. The van der Waals surface area contributed by atoms with Crippen molar-refractivity contribution in [2.45, 2.75) is 51.5 Å². The van der Waals surface area contributed by atoms with Crippen LogP contribution in [0.25, 0.3) is 10.8 Å². The van der Waals surface area contributed by atoms with Gasteiger partial charge < -0.3 is 31.0 Å². The van der Waals surface area contributed by atoms with Gasteiger partial charge in [0.2, 0.25) is 5.91 Å². The smallest absolute Gasteiger partial charge is 0.251 e. The van der Waals surface area contributed by atoms with Crippen LogP contribution in [0.3, 0.4) is 0 Å². The zero-order valence-electron chi connectivity index (χ0n) is 26.3. The lowest BCUT2D eigenvalue weighted by Crippen LogP contribution is -2.47. The molecule has 2 aromatic heterocycles. The predicted molar refractivity (Wildman–Crippen MR) is 179 cm³/mol. The summed E-state index contributed by atoms with van der Waals surface area (Å²) in [5.41, 5.74) is 3.38. The van der Waals surface area contributed by atoms with Crippen molar-refractivity contribution < 1.29 is 14.3 Å². The molecule has 10 nitrogen and oxygen atoms in total. The highest BCUT2D eigenvalue weighted by Crippen LogP contribution is 2.24. The first-order chi connectivity index (χ1) is 22.5. The number of hydrogen-bond donors (Lipinski definition) is 5. The van der Waals surface area contributed by atoms with Gasteiger partial charge in [0, 0.05) is 37.2 Å². The van der Waals surface area contributed by atoms with Crippen LogP contribution in [0.1, 0.15) is 58.8 Å². The average Bonchev–Trinajstić information content (AvgIpc) is 3.61. The number of fused-ring (bicyclic) bond motifs is 1. The normalized spacial score (nSPS) is 12.4. The molecule has 0 aliphatic rings. The molecule has 0 fully saturated rings. The van der Waals surface area contributed by atoms with E-state index in [-0.39, 0.29) is 17.9 Å². The van der Waals surface area contributed by atoms with Crippen molar-refractivity contribution in [3.05, 3.63) is 126 Å². The van der Waals surface area contributed by atoms with Crippen molar-refractivity contribution in [2.75, 3.05) is 13.7 Å². The van der Waals surface area contributed by atoms with E-state index in [1.54, 1.807) is 37.8 Å². The van der Waals surface area contributed by atoms with Crippen LogP contribution in [0, 0.1) is 0 Å². The van der Waals surface area contributed by atoms with Crippen LogP contribution in [-0.2, 0) is 24.4 Å². The molecular weight excluding hydrogens is 578 g/mol. The van der Waals surface area contributed by atoms with Crippen LogP contribution in [0.5, 0.6) is 5.75 Å². The van der Waals surface area contributed by atoms with Gasteiger partial charge >= 0.3 is 0 Å². The number of amides is 2. The van der Waals surface area contributed by atoms with Crippen molar-refractivity contribution in [2.24, 2.45) is 0 Å². The Morgan fingerprint density at radius 3 is 2.48 bits per heavy atom. The summed E-state index contributed by atoms with van der Waals surface area (Å²) >= 11 is 0. The van der Waals surface area contributed by atoms with Crippen molar-refractivity contribution in [3.8, 4) is 5.75 Å². The maximum Gasteiger partial charge on any atom is 0.251 e. The zero-order valence-corrected chi connectivity index (χ0v) is 26.3. The van der Waals surface area contributed by atoms with Crippen LogP contribution in [0.15, 0.2) is 97.5 Å². The molecule has 10 heteroatoms. The molecular formula is C36H41N7O3. The SMILES string of the molecule is COc1cccnc1CNCCC[C@H](NC(=O)c1ccc(CNCc2ncc[nH]2)cc1)C(=O)N[C@@H](C)c1cccc2ccccc12. The number of aromatic nitrogens is 3. The van der Waals surface area contributed by atoms with Gasteiger partial charge in [-0.3, -0.25) is 14.6 Å². The minimum absolute atomic E-state index is 0.223. The molecule has 0 unspecified atom stereocenters. The third kappa shape index (κ3) is 8.77. The largest absolute Gasteiger partial charge is 0.495 e. The Hall–Kier alpha value is -5.06. The number of benzene rings is 3. The van der Waals surface area contributed by atoms with E-state index in [2.05, 4.69) is 54.4 Å². The van der Waals surface area contributed by atoms with Gasteiger partial charge in [0.25, 0.3) is 5.91 Å². The van der Waals surface area contributed by atoms with E-state index in [0.29, 0.717) is 44.6 Å². The summed E-state index contributed by atoms with van der Waals surface area (Å²) in [4.78, 5) is 38.7. The van der Waals surface area contributed by atoms with Gasteiger partial charge in [-0.05, 0) is 72.5 Å². The Labute approximate surface area is 269 Å². The molecule has 5 rings (SSSR count). The molecule has 0 aliphatic heterocycles. The van der Waals surface area contributed by atoms with E-state index in [1.165, 1.54) is 0 Å². The average molecular weight is 620 g/mol. The molecule has 0 radical (unpaired) electrons. The van der Waals surface area contributed by atoms with Gasteiger partial charge in [-0.1, -0.05) is 54.6 Å². The maximum atomic E-state index is 13.7. The summed E-state index contributed by atoms with van der Waals surface area (Å²) in [5, 5.41) is 15.1. The molecule has 3 aromatic carbocycles. The second-order valence-corrected chi connectivity index (χ2v) is 11.1. The van der Waals surface area contributed by atoms with E-state index in [4.69, 9.17) is 4.74 Å². The molecule has 0 bridgehead atoms. The quantitative estimate of drug-likeness (QED) is 0.100. The summed E-state index contributed by atoms with van der Waals surface area (Å²) < 4.78 is 5.39. The number of pyridine rings is 1. The number of imidazole rings is 1. The lowest BCUT2D eigenvalue weighted by atomic mass is 9.99. The van der Waals surface area contributed by atoms with E-state index in [1.807, 2.05) is 55.5 Å². The molecule has 0 spiro atoms. The number of carbonyl (C=O) groups excluding carboxylic acids is 2. The van der Waals surface area contributed by atoms with Crippen molar-refractivity contribution >= 4 is 22.6 Å². The molecule has 2 atom stereocenters. The Bertz CT molecular complexity index is 1700. The van der Waals surface area contributed by atoms with E-state index in [0.717, 1.165) is 39.2 Å². The van der Waals surface area contributed by atoms with Crippen LogP contribution >= 0.6 is 0 Å². The number of ether oxygens (including phenoxy) is 1. The van der Waals surface area contributed by atoms with Gasteiger partial charge in [-0.15, -0.1) is 0 Å². The Kier molecular flexibility index (Phi) is 11.5. The van der Waals surface area contributed by atoms with Crippen LogP contribution in [0.4, 0.5) is 0 Å². The number of H-pyrrole nitrogens is 1. The predicted octanol–water partition coefficient (Wildman–Crippen LogP) is 4.80. The summed E-state index contributed by atoms with van der Waals surface area (Å²) in [6, 6.07) is 24.4. The number of nitrogens with one attached hydrogen (secondary N) is 5. The monoisotopic (exact) mass is 619 g/mol. The van der Waals surface area contributed by atoms with E-state index >= 15 is 0 Å². The summed E-state index contributed by atoms with van der Waals surface area (Å²) in [6.45, 7) is 4.40. The summed E-state index contributed by atoms with van der Waals surface area (Å²) in [5.74, 6) is 1.07. The number of carbonyl (C=O) groups is 2. The minimum atomic E-state index is -0.717. The highest BCUT2D eigenvalue weighted by molar-refractivity contribution is 5.97. The fraction of sp³-hybridized carbons (Fsp3) is 0.278. The van der Waals surface area contributed by atoms with E-state index in [9.17, 15) is 9.59 Å². The maximum absolute atomic E-state index is 13.7. The fourth-order valence-electron chi connectivity index (χ4n) is 5.40. The number of hydrogen-bond acceptors (Lipinski definition) is 7. The molecule has 0 saturated carbocycles. The molecule has 2 amide bonds. The van der Waals surface area contributed by atoms with Crippen LogP contribution in [0.2, 0.25) is 0 Å². The van der Waals surface area contributed by atoms with Crippen LogP contribution in [-0.4, -0.2) is 46.5 Å². The standard InChI is InChI=1S/C36H41N7O3/c1-25(29-11-5-9-27-8-3-4-10-30(27)29)42-36(45)31(12-6-18-37-23-32-33(46-2)13-7-19-39-32)43-35(44)28-16-14-26(15-17-28)22-38-24-34-40-20-21-41-34/h3-5,7-11,13-17,19-21,25,31,37-38H,6,12,18,22-24H2,1-2H3,(H,40,41)(H,42,45)(H,43,44)/t25-,31-/m0/s1. The third-order valence-corrected chi connectivity index (χ3v) is 7.87. The fourth-order valence-corrected chi connectivity index (χ4v) is 5.40. The summed E-state index contributed by atoms with van der Waals surface area (Å²) in [7, 11) is 1.62. The molecule has 0 aliphatic carbocycles. The van der Waals surface area contributed by atoms with Gasteiger partial charge in [0.05, 0.1) is 25.4 Å². The highest BCUT2D eigenvalue weighted by Gasteiger charge is 2.23. The Balaban J connectivity index is 1.21. The van der Waals surface area contributed by atoms with Crippen LogP contribution < -0.4 is 26.0 Å². The Morgan fingerprint density at radius 1 is 0.848 bits per heavy atom. The number of aromatic amines is 1. The number of rotatable bonds is 16. The van der Waals surface area contributed by atoms with Crippen molar-refractivity contribution in [3.63, 3.8) is 0 Å². The molecule has 2 heterocycles. The molecule has 5 aromatic rings. The Morgan fingerprint density at radius 2 is 1.67 bits per heavy atom. The third-order valence-electron chi connectivity index (χ3n) is 7.87. The van der Waals surface area contributed by atoms with Gasteiger partial charge in [-0.2, -0.15) is 0 Å². The molecule has 5 N–H and O–H groups in total. The topological polar surface area (TPSA) is 133 Å². The van der Waals surface area contributed by atoms with Gasteiger partial charge in [0.1, 0.15) is 17.6 Å². The lowest BCUT2D eigenvalue weighted by Gasteiger charge is -2.23. The van der Waals surface area contributed by atoms with Crippen molar-refractivity contribution in [1.29, 1.82) is 0 Å². The van der Waals surface area contributed by atoms with E-state index < -0.39 is 6.04 Å². The first-order valence-corrected chi connectivity index (χ1v) is 15.6. The van der Waals surface area contributed by atoms with Gasteiger partial charge in [0.15, 0.2) is 0 Å². The first-order valence-electron chi connectivity index (χ1n) is 15.6. The van der Waals surface area contributed by atoms with Crippen molar-refractivity contribution in [1.82, 2.24) is 36.2 Å². The first kappa shape index (κ1) is 32.3. The zero-order chi connectivity index (χ0) is 32.1. The molecule has 238 valence electrons. The van der Waals surface area contributed by atoms with Gasteiger partial charge in [-0.25, -0.2) is 4.98 Å². The number of nitrogens with zero attached hydrogens (tertiary/aromatic N) is 2. The highest BCUT2D eigenvalue weighted by atomic mass is 16.5. The summed E-state index contributed by atoms with van der Waals surface area (Å²) in [6.07, 6.45) is 6.37. The number of methoxy groups -OCH3 is 1. The molecule has 0 saturated heterocycles. The lowest BCUT2D eigenvalue weighted by molar-refractivity contribution is -0.123. The second-order valence-electron chi connectivity index (χ2n) is 11.1. The second kappa shape index (κ2) is 16.3. The minimum Gasteiger partial charge on any atom is -0.495 e.